The molecule has 1 N–H and O–H groups in total. The van der Waals surface area contributed by atoms with Crippen molar-refractivity contribution in [2.75, 3.05) is 11.9 Å². The maximum Gasteiger partial charge on any atom is 0.125 e. The lowest BCUT2D eigenvalue weighted by Crippen LogP contribution is -2.09. The van der Waals surface area contributed by atoms with Crippen molar-refractivity contribution in [1.82, 2.24) is 4.98 Å². The zero-order valence-electron chi connectivity index (χ0n) is 13.0. The molecule has 0 bridgehead atoms. The predicted molar refractivity (Wildman–Crippen MR) is 84.2 cm³/mol. The summed E-state index contributed by atoms with van der Waals surface area (Å²) in [5.41, 5.74) is 1.34. The van der Waals surface area contributed by atoms with Gasteiger partial charge in [-0.15, -0.1) is 0 Å². The van der Waals surface area contributed by atoms with Crippen molar-refractivity contribution < 1.29 is 1.43 Å². The lowest BCUT2D eigenvalue weighted by molar-refractivity contribution is 0.559. The zero-order valence-corrected chi connectivity index (χ0v) is 13.0. The number of rotatable bonds is 6. The molecule has 2 nitrogen and oxygen atoms in total. The van der Waals surface area contributed by atoms with E-state index in [-0.39, 0.29) is 1.43 Å². The summed E-state index contributed by atoms with van der Waals surface area (Å²) in [5.74, 6) is 2.39. The van der Waals surface area contributed by atoms with E-state index in [1.165, 1.54) is 12.0 Å². The van der Waals surface area contributed by atoms with Gasteiger partial charge in [0.2, 0.25) is 0 Å². The molecule has 2 heteroatoms. The third-order valence-electron chi connectivity index (χ3n) is 2.80. The molecule has 0 fully saturated rings. The van der Waals surface area contributed by atoms with Crippen LogP contribution in [0.2, 0.25) is 0 Å². The van der Waals surface area contributed by atoms with Crippen LogP contribution in [0.25, 0.3) is 0 Å². The molecular formula is C16H32N2. The second-order valence-corrected chi connectivity index (χ2v) is 5.04. The van der Waals surface area contributed by atoms with Crippen LogP contribution in [0.15, 0.2) is 18.3 Å². The molecule has 1 aromatic rings. The van der Waals surface area contributed by atoms with Crippen LogP contribution in [0.1, 0.15) is 55.0 Å². The van der Waals surface area contributed by atoms with Crippen molar-refractivity contribution in [3.8, 4) is 0 Å². The van der Waals surface area contributed by atoms with E-state index in [2.05, 4.69) is 50.1 Å². The van der Waals surface area contributed by atoms with Gasteiger partial charge in [0.25, 0.3) is 0 Å². The van der Waals surface area contributed by atoms with Crippen LogP contribution in [-0.4, -0.2) is 11.5 Å². The van der Waals surface area contributed by atoms with E-state index in [1.54, 1.807) is 0 Å². The van der Waals surface area contributed by atoms with Crippen LogP contribution < -0.4 is 5.32 Å². The standard InChI is InChI=1S/C14H24N2.C2H6.H2/c1-5-12(4)8-13-6-7-14(16-10-13)15-9-11(2)3;1-2;/h6-7,10-12H,5,8-9H2,1-4H3,(H,15,16);1-2H3;1H. The van der Waals surface area contributed by atoms with E-state index in [9.17, 15) is 0 Å². The normalized spacial score (nSPS) is 11.7. The highest BCUT2D eigenvalue weighted by Gasteiger charge is 2.02. The molecule has 0 aliphatic carbocycles. The average Bonchev–Trinajstić information content (AvgIpc) is 2.40. The first-order valence-corrected chi connectivity index (χ1v) is 7.30. The molecule has 0 spiro atoms. The fourth-order valence-electron chi connectivity index (χ4n) is 1.51. The molecule has 1 heterocycles. The SMILES string of the molecule is CC.CCC(C)Cc1ccc(NCC(C)C)nc1.[HH]. The van der Waals surface area contributed by atoms with Crippen molar-refractivity contribution >= 4 is 5.82 Å². The Bertz CT molecular complexity index is 296. The van der Waals surface area contributed by atoms with Gasteiger partial charge in [0.05, 0.1) is 0 Å². The summed E-state index contributed by atoms with van der Waals surface area (Å²) in [6.07, 6.45) is 4.36. The number of aromatic nitrogens is 1. The first-order chi connectivity index (χ1) is 8.61. The van der Waals surface area contributed by atoms with Crippen LogP contribution in [0.4, 0.5) is 5.82 Å². The number of pyridine rings is 1. The molecule has 0 aromatic carbocycles. The second-order valence-electron chi connectivity index (χ2n) is 5.04. The maximum atomic E-state index is 4.43. The Morgan fingerprint density at radius 1 is 1.22 bits per heavy atom. The Hall–Kier alpha value is -1.05. The van der Waals surface area contributed by atoms with E-state index < -0.39 is 0 Å². The van der Waals surface area contributed by atoms with Crippen LogP contribution in [0.5, 0.6) is 0 Å². The number of hydrogen-bond acceptors (Lipinski definition) is 2. The molecule has 1 aromatic heterocycles. The van der Waals surface area contributed by atoms with E-state index >= 15 is 0 Å². The van der Waals surface area contributed by atoms with Gasteiger partial charge in [0.15, 0.2) is 0 Å². The third-order valence-corrected chi connectivity index (χ3v) is 2.80. The first-order valence-electron chi connectivity index (χ1n) is 7.30. The molecule has 0 saturated carbocycles. The van der Waals surface area contributed by atoms with Gasteiger partial charge >= 0.3 is 0 Å². The highest BCUT2D eigenvalue weighted by atomic mass is 15.0. The minimum atomic E-state index is 0. The smallest absolute Gasteiger partial charge is 0.125 e. The highest BCUT2D eigenvalue weighted by Crippen LogP contribution is 2.12. The van der Waals surface area contributed by atoms with E-state index in [4.69, 9.17) is 0 Å². The highest BCUT2D eigenvalue weighted by molar-refractivity contribution is 5.35. The summed E-state index contributed by atoms with van der Waals surface area (Å²) in [7, 11) is 0. The Morgan fingerprint density at radius 2 is 1.89 bits per heavy atom. The molecule has 1 atom stereocenters. The fourth-order valence-corrected chi connectivity index (χ4v) is 1.51. The summed E-state index contributed by atoms with van der Waals surface area (Å²) >= 11 is 0. The first kappa shape index (κ1) is 16.9. The van der Waals surface area contributed by atoms with E-state index in [0.717, 1.165) is 24.7 Å². The molecule has 0 aliphatic rings. The van der Waals surface area contributed by atoms with Crippen LogP contribution in [0, 0.1) is 11.8 Å². The largest absolute Gasteiger partial charge is 0.370 e. The van der Waals surface area contributed by atoms with Crippen molar-refractivity contribution in [3.63, 3.8) is 0 Å². The van der Waals surface area contributed by atoms with Crippen molar-refractivity contribution in [3.05, 3.63) is 23.9 Å². The van der Waals surface area contributed by atoms with Crippen molar-refractivity contribution in [2.24, 2.45) is 11.8 Å². The molecule has 0 amide bonds. The molecule has 1 rings (SSSR count). The van der Waals surface area contributed by atoms with Gasteiger partial charge in [0.1, 0.15) is 5.82 Å². The van der Waals surface area contributed by atoms with Crippen LogP contribution in [0.3, 0.4) is 0 Å². The predicted octanol–water partition coefficient (Wildman–Crippen LogP) is 5.01. The quantitative estimate of drug-likeness (QED) is 0.769. The Labute approximate surface area is 115 Å². The molecule has 106 valence electrons. The summed E-state index contributed by atoms with van der Waals surface area (Å²) in [5, 5.41) is 3.33. The Kier molecular flexibility index (Phi) is 9.35. The van der Waals surface area contributed by atoms with Gasteiger partial charge in [-0.2, -0.15) is 0 Å². The monoisotopic (exact) mass is 252 g/mol. The van der Waals surface area contributed by atoms with Gasteiger partial charge in [-0.1, -0.05) is 54.0 Å². The summed E-state index contributed by atoms with van der Waals surface area (Å²) in [6, 6.07) is 4.27. The lowest BCUT2D eigenvalue weighted by Gasteiger charge is -2.10. The van der Waals surface area contributed by atoms with E-state index in [1.807, 2.05) is 20.0 Å². The molecule has 18 heavy (non-hydrogen) atoms. The lowest BCUT2D eigenvalue weighted by atomic mass is 10.0. The van der Waals surface area contributed by atoms with Crippen molar-refractivity contribution in [2.45, 2.75) is 54.4 Å². The van der Waals surface area contributed by atoms with E-state index in [0.29, 0.717) is 5.92 Å². The van der Waals surface area contributed by atoms with Gasteiger partial charge in [0, 0.05) is 14.2 Å². The number of hydrogen-bond donors (Lipinski definition) is 1. The Balaban J connectivity index is 0. The molecule has 0 aliphatic heterocycles. The second kappa shape index (κ2) is 9.93. The number of nitrogens with zero attached hydrogens (tertiary/aromatic N) is 1. The number of nitrogens with one attached hydrogen (secondary N) is 1. The topological polar surface area (TPSA) is 24.9 Å². The minimum absolute atomic E-state index is 0. The third kappa shape index (κ3) is 7.31. The minimum Gasteiger partial charge on any atom is -0.370 e. The van der Waals surface area contributed by atoms with Crippen molar-refractivity contribution in [1.29, 1.82) is 0 Å². The Morgan fingerprint density at radius 3 is 2.33 bits per heavy atom. The van der Waals surface area contributed by atoms with Gasteiger partial charge in [-0.3, -0.25) is 0 Å². The van der Waals surface area contributed by atoms with Gasteiger partial charge < -0.3 is 5.32 Å². The fraction of sp³-hybridized carbons (Fsp3) is 0.688. The van der Waals surface area contributed by atoms with Crippen LogP contribution >= 0.6 is 0 Å². The summed E-state index contributed by atoms with van der Waals surface area (Å²) < 4.78 is 0. The summed E-state index contributed by atoms with van der Waals surface area (Å²) in [6.45, 7) is 13.9. The van der Waals surface area contributed by atoms with Gasteiger partial charge in [-0.05, 0) is 29.9 Å². The molecule has 1 unspecified atom stereocenters. The number of anilines is 1. The van der Waals surface area contributed by atoms with Crippen LogP contribution in [-0.2, 0) is 6.42 Å². The van der Waals surface area contributed by atoms with Gasteiger partial charge in [-0.25, -0.2) is 4.98 Å². The molecule has 0 saturated heterocycles. The maximum absolute atomic E-state index is 4.43. The molecular weight excluding hydrogens is 220 g/mol. The zero-order chi connectivity index (χ0) is 14.0. The molecule has 0 radical (unpaired) electrons. The summed E-state index contributed by atoms with van der Waals surface area (Å²) in [4.78, 5) is 4.43. The average molecular weight is 252 g/mol.